The molecule has 0 fully saturated rings. The molecule has 0 radical (unpaired) electrons. The highest BCUT2D eigenvalue weighted by Gasteiger charge is 2.23. The highest BCUT2D eigenvalue weighted by Crippen LogP contribution is 2.41. The lowest BCUT2D eigenvalue weighted by molar-refractivity contribution is 0.393. The third-order valence-electron chi connectivity index (χ3n) is 5.59. The third-order valence-corrected chi connectivity index (χ3v) is 5.59. The largest absolute Gasteiger partial charge is 0.496 e. The number of ether oxygens (including phenoxy) is 1. The van der Waals surface area contributed by atoms with Crippen LogP contribution in [0.15, 0.2) is 33.5 Å². The number of methoxy groups -OCH3 is 1. The Hall–Kier alpha value is -3.48. The first-order valence-electron chi connectivity index (χ1n) is 9.48. The van der Waals surface area contributed by atoms with E-state index in [9.17, 15) is 0 Å². The minimum absolute atomic E-state index is 0.717. The summed E-state index contributed by atoms with van der Waals surface area (Å²) >= 11 is 0. The maximum Gasteiger partial charge on any atom is 0.142 e. The molecular weight excluding hydrogens is 366 g/mol. The number of benzene rings is 1. The topological polar surface area (TPSA) is 89.2 Å². The molecule has 4 heterocycles. The quantitative estimate of drug-likeness (QED) is 0.553. The van der Waals surface area contributed by atoms with Crippen LogP contribution in [0.25, 0.3) is 38.6 Å². The molecule has 0 saturated heterocycles. The van der Waals surface area contributed by atoms with Crippen LogP contribution >= 0.6 is 0 Å². The van der Waals surface area contributed by atoms with Crippen LogP contribution in [-0.4, -0.2) is 39.5 Å². The zero-order valence-corrected chi connectivity index (χ0v) is 17.0. The van der Waals surface area contributed by atoms with Crippen LogP contribution in [0.2, 0.25) is 0 Å². The second-order valence-electron chi connectivity index (χ2n) is 7.43. The molecule has 1 aromatic carbocycles. The monoisotopic (exact) mass is 387 g/mol. The predicted molar refractivity (Wildman–Crippen MR) is 113 cm³/mol. The highest BCUT2D eigenvalue weighted by atomic mass is 16.5. The van der Waals surface area contributed by atoms with Crippen LogP contribution < -0.4 is 4.74 Å². The predicted octanol–water partition coefficient (Wildman–Crippen LogP) is 4.64. The molecule has 1 aliphatic heterocycles. The van der Waals surface area contributed by atoms with Crippen LogP contribution in [0.1, 0.15) is 31.0 Å². The van der Waals surface area contributed by atoms with Gasteiger partial charge in [0.25, 0.3) is 0 Å². The number of H-pyrrole nitrogens is 1. The van der Waals surface area contributed by atoms with Gasteiger partial charge in [0, 0.05) is 27.8 Å². The summed E-state index contributed by atoms with van der Waals surface area (Å²) in [5.41, 5.74) is 8.71. The zero-order chi connectivity index (χ0) is 20.3. The van der Waals surface area contributed by atoms with E-state index in [1.165, 1.54) is 5.57 Å². The number of hydrogen-bond acceptors (Lipinski definition) is 6. The smallest absolute Gasteiger partial charge is 0.142 e. The van der Waals surface area contributed by atoms with Gasteiger partial charge in [-0.2, -0.15) is 0 Å². The average molecular weight is 387 g/mol. The third kappa shape index (κ3) is 2.50. The Morgan fingerprint density at radius 1 is 1.10 bits per heavy atom. The summed E-state index contributed by atoms with van der Waals surface area (Å²) in [5.74, 6) is 1.51. The molecule has 0 atom stereocenters. The van der Waals surface area contributed by atoms with Gasteiger partial charge in [0.2, 0.25) is 0 Å². The Morgan fingerprint density at radius 3 is 2.59 bits per heavy atom. The van der Waals surface area contributed by atoms with Gasteiger partial charge in [0.05, 0.1) is 36.0 Å². The molecule has 0 saturated carbocycles. The fourth-order valence-electron chi connectivity index (χ4n) is 4.25. The van der Waals surface area contributed by atoms with Gasteiger partial charge in [-0.15, -0.1) is 0 Å². The van der Waals surface area contributed by atoms with Crippen LogP contribution in [0.3, 0.4) is 0 Å². The van der Waals surface area contributed by atoms with E-state index in [1.807, 2.05) is 26.8 Å². The van der Waals surface area contributed by atoms with Gasteiger partial charge in [-0.3, -0.25) is 4.99 Å². The first-order valence-corrected chi connectivity index (χ1v) is 9.48. The van der Waals surface area contributed by atoms with Crippen LogP contribution in [-0.2, 0) is 0 Å². The molecule has 1 aliphatic rings. The minimum atomic E-state index is 0.717. The van der Waals surface area contributed by atoms with Crippen molar-refractivity contribution >= 4 is 33.2 Å². The molecule has 29 heavy (non-hydrogen) atoms. The van der Waals surface area contributed by atoms with Crippen molar-refractivity contribution in [3.63, 3.8) is 0 Å². The summed E-state index contributed by atoms with van der Waals surface area (Å²) in [6, 6.07) is 4.11. The van der Waals surface area contributed by atoms with E-state index >= 15 is 0 Å². The van der Waals surface area contributed by atoms with E-state index in [0.29, 0.717) is 6.54 Å². The van der Waals surface area contributed by atoms with Gasteiger partial charge in [-0.05, 0) is 45.4 Å². The first-order chi connectivity index (χ1) is 14.0. The number of aryl methyl sites for hydroxylation is 2. The van der Waals surface area contributed by atoms with Gasteiger partial charge < -0.3 is 14.2 Å². The van der Waals surface area contributed by atoms with Crippen molar-refractivity contribution in [2.75, 3.05) is 13.7 Å². The number of hydrogen-bond donors (Lipinski definition) is 1. The molecule has 1 N–H and O–H groups in total. The van der Waals surface area contributed by atoms with Crippen molar-refractivity contribution in [2.45, 2.75) is 27.7 Å². The fraction of sp³-hybridized carbons (Fsp3) is 0.273. The molecule has 4 aromatic rings. The Labute approximate surface area is 167 Å². The number of rotatable bonds is 3. The summed E-state index contributed by atoms with van der Waals surface area (Å²) in [5, 5.41) is 6.09. The molecule has 0 unspecified atom stereocenters. The summed E-state index contributed by atoms with van der Waals surface area (Å²) < 4.78 is 11.1. The average Bonchev–Trinajstić information content (AvgIpc) is 3.35. The molecule has 7 heteroatoms. The molecule has 7 nitrogen and oxygen atoms in total. The van der Waals surface area contributed by atoms with Gasteiger partial charge >= 0.3 is 0 Å². The van der Waals surface area contributed by atoms with Crippen LogP contribution in [0, 0.1) is 13.8 Å². The molecule has 3 aromatic heterocycles. The number of aromatic amines is 1. The number of nitrogens with one attached hydrogen (secondary N) is 1. The maximum atomic E-state index is 5.75. The van der Waals surface area contributed by atoms with Crippen LogP contribution in [0.4, 0.5) is 0 Å². The van der Waals surface area contributed by atoms with Crippen molar-refractivity contribution in [1.82, 2.24) is 20.1 Å². The van der Waals surface area contributed by atoms with Crippen molar-refractivity contribution in [2.24, 2.45) is 4.99 Å². The van der Waals surface area contributed by atoms with E-state index in [0.717, 1.165) is 67.2 Å². The summed E-state index contributed by atoms with van der Waals surface area (Å²) in [6.07, 6.45) is 1.60. The van der Waals surface area contributed by atoms with Crippen molar-refractivity contribution in [1.29, 1.82) is 0 Å². The zero-order valence-electron chi connectivity index (χ0n) is 17.0. The normalized spacial score (nSPS) is 14.3. The Kier molecular flexibility index (Phi) is 3.81. The van der Waals surface area contributed by atoms with Crippen LogP contribution in [0.5, 0.6) is 5.75 Å². The molecule has 5 rings (SSSR count). The molecular formula is C22H21N5O2. The summed E-state index contributed by atoms with van der Waals surface area (Å²) in [6.45, 7) is 8.69. The minimum Gasteiger partial charge on any atom is -0.496 e. The van der Waals surface area contributed by atoms with Gasteiger partial charge in [0.1, 0.15) is 23.5 Å². The number of fused-ring (bicyclic) bond motifs is 3. The molecule has 0 spiro atoms. The number of aromatic nitrogens is 4. The lowest BCUT2D eigenvalue weighted by Crippen LogP contribution is -1.99. The first kappa shape index (κ1) is 17.6. The number of allylic oxidation sites excluding steroid dienone is 1. The second-order valence-corrected chi connectivity index (χ2v) is 7.43. The SMILES string of the molecule is COc1cc2c(cc1-c1c(C)noc1C)[nH]c1ncnc(C3=C(C)CN=C3C)c12. The highest BCUT2D eigenvalue weighted by molar-refractivity contribution is 6.29. The lowest BCUT2D eigenvalue weighted by atomic mass is 9.98. The fourth-order valence-corrected chi connectivity index (χ4v) is 4.25. The van der Waals surface area contributed by atoms with E-state index in [2.05, 4.69) is 38.1 Å². The second kappa shape index (κ2) is 6.27. The van der Waals surface area contributed by atoms with Gasteiger partial charge in [-0.25, -0.2) is 9.97 Å². The van der Waals surface area contributed by atoms with E-state index in [-0.39, 0.29) is 0 Å². The number of aliphatic imine (C=N–C) groups is 1. The molecule has 0 aliphatic carbocycles. The summed E-state index contributed by atoms with van der Waals surface area (Å²) in [4.78, 5) is 17.1. The van der Waals surface area contributed by atoms with Crippen molar-refractivity contribution < 1.29 is 9.26 Å². The molecule has 0 bridgehead atoms. The van der Waals surface area contributed by atoms with Crippen molar-refractivity contribution in [3.05, 3.63) is 41.2 Å². The van der Waals surface area contributed by atoms with E-state index in [1.54, 1.807) is 13.4 Å². The molecule has 0 amide bonds. The maximum absolute atomic E-state index is 5.75. The Morgan fingerprint density at radius 2 is 1.93 bits per heavy atom. The molecule has 146 valence electrons. The van der Waals surface area contributed by atoms with E-state index < -0.39 is 0 Å². The van der Waals surface area contributed by atoms with Gasteiger partial charge in [0.15, 0.2) is 0 Å². The number of nitrogens with zero attached hydrogens (tertiary/aromatic N) is 4. The van der Waals surface area contributed by atoms with Crippen molar-refractivity contribution in [3.8, 4) is 16.9 Å². The lowest BCUT2D eigenvalue weighted by Gasteiger charge is -2.10. The standard InChI is InChI=1S/C22H21N5O2/c1-10-8-23-11(2)18(10)21-20-14-7-17(28-5)15(19-12(3)27-29-13(19)4)6-16(14)26-22(20)25-9-24-21/h6-7,9H,8H2,1-5H3,(H,24,25,26). The van der Waals surface area contributed by atoms with E-state index in [4.69, 9.17) is 9.26 Å². The Balaban J connectivity index is 1.85. The Bertz CT molecular complexity index is 1340. The summed E-state index contributed by atoms with van der Waals surface area (Å²) in [7, 11) is 1.68. The van der Waals surface area contributed by atoms with Gasteiger partial charge in [-0.1, -0.05) is 5.16 Å².